The summed E-state index contributed by atoms with van der Waals surface area (Å²) in [6.45, 7) is 10.4. The lowest BCUT2D eigenvalue weighted by atomic mass is 10.2. The van der Waals surface area contributed by atoms with E-state index in [1.54, 1.807) is 0 Å². The number of rotatable bonds is 6. The Morgan fingerprint density at radius 3 is 2.41 bits per heavy atom. The van der Waals surface area contributed by atoms with Crippen LogP contribution < -0.4 is 4.90 Å². The summed E-state index contributed by atoms with van der Waals surface area (Å²) < 4.78 is 5.27. The van der Waals surface area contributed by atoms with Gasteiger partial charge in [-0.1, -0.05) is 0 Å². The first-order valence-corrected chi connectivity index (χ1v) is 8.03. The number of hydrogen-bond acceptors (Lipinski definition) is 5. The van der Waals surface area contributed by atoms with Crippen LogP contribution in [0.1, 0.15) is 31.2 Å². The fourth-order valence-corrected chi connectivity index (χ4v) is 2.63. The highest BCUT2D eigenvalue weighted by Gasteiger charge is 2.22. The Morgan fingerprint density at radius 2 is 1.82 bits per heavy atom. The van der Waals surface area contributed by atoms with E-state index in [0.717, 1.165) is 49.9 Å². The van der Waals surface area contributed by atoms with Gasteiger partial charge in [-0.05, 0) is 33.3 Å². The molecule has 0 atom stereocenters. The zero-order valence-electron chi connectivity index (χ0n) is 13.8. The fraction of sp³-hybridized carbons (Fsp3) is 0.688. The Labute approximate surface area is 132 Å². The van der Waals surface area contributed by atoms with Crippen LogP contribution in [-0.2, 0) is 9.53 Å². The van der Waals surface area contributed by atoms with Crippen molar-refractivity contribution in [2.45, 2.75) is 33.6 Å². The van der Waals surface area contributed by atoms with Crippen LogP contribution in [0, 0.1) is 13.8 Å². The summed E-state index contributed by atoms with van der Waals surface area (Å²) in [7, 11) is 0. The SMILES string of the molecule is CCOCCCC(=O)N1CCN(c2nc(C)cc(C)n2)CC1. The number of carbonyl (C=O) groups is 1. The predicted octanol–water partition coefficient (Wildman–Crippen LogP) is 1.56. The maximum absolute atomic E-state index is 12.1. The fourth-order valence-electron chi connectivity index (χ4n) is 2.63. The average molecular weight is 306 g/mol. The Kier molecular flexibility index (Phi) is 6.12. The molecule has 2 heterocycles. The molecule has 1 aromatic heterocycles. The number of anilines is 1. The Hall–Kier alpha value is -1.69. The van der Waals surface area contributed by atoms with Gasteiger partial charge in [0, 0.05) is 57.2 Å². The largest absolute Gasteiger partial charge is 0.382 e. The topological polar surface area (TPSA) is 58.6 Å². The summed E-state index contributed by atoms with van der Waals surface area (Å²) in [5.74, 6) is 1.00. The van der Waals surface area contributed by atoms with Gasteiger partial charge in [0.05, 0.1) is 0 Å². The van der Waals surface area contributed by atoms with E-state index in [0.29, 0.717) is 19.6 Å². The highest BCUT2D eigenvalue weighted by Crippen LogP contribution is 2.13. The van der Waals surface area contributed by atoms with Crippen molar-refractivity contribution >= 4 is 11.9 Å². The van der Waals surface area contributed by atoms with Crippen LogP contribution in [-0.4, -0.2) is 60.2 Å². The molecule has 2 rings (SSSR count). The number of aromatic nitrogens is 2. The van der Waals surface area contributed by atoms with Gasteiger partial charge in [-0.15, -0.1) is 0 Å². The Balaban J connectivity index is 1.81. The van der Waals surface area contributed by atoms with Crippen LogP contribution >= 0.6 is 0 Å². The third kappa shape index (κ3) is 4.66. The first kappa shape index (κ1) is 16.7. The Morgan fingerprint density at radius 1 is 1.18 bits per heavy atom. The van der Waals surface area contributed by atoms with Gasteiger partial charge in [-0.3, -0.25) is 4.79 Å². The van der Waals surface area contributed by atoms with Crippen LogP contribution in [0.5, 0.6) is 0 Å². The van der Waals surface area contributed by atoms with Crippen LogP contribution in [0.25, 0.3) is 0 Å². The number of piperazine rings is 1. The molecule has 1 fully saturated rings. The lowest BCUT2D eigenvalue weighted by Crippen LogP contribution is -2.49. The molecule has 122 valence electrons. The van der Waals surface area contributed by atoms with E-state index in [-0.39, 0.29) is 5.91 Å². The van der Waals surface area contributed by atoms with E-state index in [2.05, 4.69) is 14.9 Å². The van der Waals surface area contributed by atoms with Crippen LogP contribution in [0.2, 0.25) is 0 Å². The smallest absolute Gasteiger partial charge is 0.225 e. The molecule has 0 radical (unpaired) electrons. The lowest BCUT2D eigenvalue weighted by Gasteiger charge is -2.35. The molecular weight excluding hydrogens is 280 g/mol. The molecule has 0 aliphatic carbocycles. The first-order valence-electron chi connectivity index (χ1n) is 8.03. The zero-order chi connectivity index (χ0) is 15.9. The average Bonchev–Trinajstić information content (AvgIpc) is 2.50. The van der Waals surface area contributed by atoms with Crippen LogP contribution in [0.3, 0.4) is 0 Å². The highest BCUT2D eigenvalue weighted by molar-refractivity contribution is 5.76. The number of ether oxygens (including phenoxy) is 1. The van der Waals surface area contributed by atoms with Crippen molar-refractivity contribution in [2.24, 2.45) is 0 Å². The van der Waals surface area contributed by atoms with Gasteiger partial charge in [0.15, 0.2) is 0 Å². The van der Waals surface area contributed by atoms with Crippen LogP contribution in [0.4, 0.5) is 5.95 Å². The molecule has 0 aromatic carbocycles. The highest BCUT2D eigenvalue weighted by atomic mass is 16.5. The number of amides is 1. The van der Waals surface area contributed by atoms with Gasteiger partial charge in [0.25, 0.3) is 0 Å². The molecule has 0 unspecified atom stereocenters. The van der Waals surface area contributed by atoms with Gasteiger partial charge in [0.2, 0.25) is 11.9 Å². The molecule has 1 aliphatic rings. The second kappa shape index (κ2) is 8.08. The van der Waals surface area contributed by atoms with Crippen LogP contribution in [0.15, 0.2) is 6.07 Å². The normalized spacial score (nSPS) is 15.2. The molecule has 0 N–H and O–H groups in total. The maximum Gasteiger partial charge on any atom is 0.225 e. The van der Waals surface area contributed by atoms with Gasteiger partial charge in [-0.25, -0.2) is 9.97 Å². The van der Waals surface area contributed by atoms with Gasteiger partial charge in [-0.2, -0.15) is 0 Å². The van der Waals surface area contributed by atoms with Crippen molar-refractivity contribution in [3.05, 3.63) is 17.5 Å². The summed E-state index contributed by atoms with van der Waals surface area (Å²) >= 11 is 0. The minimum atomic E-state index is 0.223. The monoisotopic (exact) mass is 306 g/mol. The van der Waals surface area contributed by atoms with Crippen molar-refractivity contribution in [2.75, 3.05) is 44.3 Å². The molecule has 1 aliphatic heterocycles. The summed E-state index contributed by atoms with van der Waals surface area (Å²) in [6.07, 6.45) is 1.37. The molecule has 0 saturated carbocycles. The number of carbonyl (C=O) groups excluding carboxylic acids is 1. The molecule has 6 heteroatoms. The summed E-state index contributed by atoms with van der Waals surface area (Å²) in [6, 6.07) is 1.97. The first-order chi connectivity index (χ1) is 10.6. The second-order valence-corrected chi connectivity index (χ2v) is 5.62. The second-order valence-electron chi connectivity index (χ2n) is 5.62. The standard InChI is InChI=1S/C16H26N4O2/c1-4-22-11-5-6-15(21)19-7-9-20(10-8-19)16-17-13(2)12-14(3)18-16/h12H,4-11H2,1-3H3. The maximum atomic E-state index is 12.1. The quantitative estimate of drug-likeness (QED) is 0.747. The van der Waals surface area contributed by atoms with Crippen molar-refractivity contribution in [3.63, 3.8) is 0 Å². The molecule has 1 aromatic rings. The number of nitrogens with zero attached hydrogens (tertiary/aromatic N) is 4. The molecule has 6 nitrogen and oxygen atoms in total. The third-order valence-corrected chi connectivity index (χ3v) is 3.77. The molecule has 22 heavy (non-hydrogen) atoms. The minimum absolute atomic E-state index is 0.223. The van der Waals surface area contributed by atoms with E-state index in [9.17, 15) is 4.79 Å². The Bertz CT molecular complexity index is 479. The molecule has 1 amide bonds. The lowest BCUT2D eigenvalue weighted by molar-refractivity contribution is -0.131. The molecular formula is C16H26N4O2. The van der Waals surface area contributed by atoms with E-state index in [1.807, 2.05) is 31.7 Å². The number of hydrogen-bond donors (Lipinski definition) is 0. The third-order valence-electron chi connectivity index (χ3n) is 3.77. The van der Waals surface area contributed by atoms with Crippen molar-refractivity contribution in [1.82, 2.24) is 14.9 Å². The number of aryl methyl sites for hydroxylation is 2. The van der Waals surface area contributed by atoms with Gasteiger partial charge < -0.3 is 14.5 Å². The zero-order valence-corrected chi connectivity index (χ0v) is 13.8. The summed E-state index contributed by atoms with van der Waals surface area (Å²) in [5, 5.41) is 0. The molecule has 0 bridgehead atoms. The van der Waals surface area contributed by atoms with Crippen molar-refractivity contribution in [1.29, 1.82) is 0 Å². The van der Waals surface area contributed by atoms with Gasteiger partial charge in [0.1, 0.15) is 0 Å². The van der Waals surface area contributed by atoms with E-state index in [4.69, 9.17) is 4.74 Å². The molecule has 0 spiro atoms. The van der Waals surface area contributed by atoms with Gasteiger partial charge >= 0.3 is 0 Å². The summed E-state index contributed by atoms with van der Waals surface area (Å²) in [4.78, 5) is 25.2. The predicted molar refractivity (Wildman–Crippen MR) is 86.0 cm³/mol. The van der Waals surface area contributed by atoms with E-state index < -0.39 is 0 Å². The van der Waals surface area contributed by atoms with Crippen molar-refractivity contribution in [3.8, 4) is 0 Å². The summed E-state index contributed by atoms with van der Waals surface area (Å²) in [5.41, 5.74) is 1.97. The van der Waals surface area contributed by atoms with E-state index in [1.165, 1.54) is 0 Å². The molecule has 1 saturated heterocycles. The minimum Gasteiger partial charge on any atom is -0.382 e. The van der Waals surface area contributed by atoms with Crippen molar-refractivity contribution < 1.29 is 9.53 Å². The van der Waals surface area contributed by atoms with E-state index >= 15 is 0 Å².